The van der Waals surface area contributed by atoms with Gasteiger partial charge in [0.2, 0.25) is 11.8 Å². The molecule has 246 valence electrons. The summed E-state index contributed by atoms with van der Waals surface area (Å²) in [5.74, 6) is -3.16. The van der Waals surface area contributed by atoms with Gasteiger partial charge in [-0.15, -0.1) is 13.2 Å². The summed E-state index contributed by atoms with van der Waals surface area (Å²) < 4.78 is 12.2. The number of benzene rings is 1. The summed E-state index contributed by atoms with van der Waals surface area (Å²) in [4.78, 5) is 59.6. The van der Waals surface area contributed by atoms with E-state index in [2.05, 4.69) is 37.2 Å². The van der Waals surface area contributed by atoms with E-state index in [9.17, 15) is 24.3 Å². The Hall–Kier alpha value is -3.70. The van der Waals surface area contributed by atoms with Crippen LogP contribution in [0.2, 0.25) is 0 Å². The number of amides is 3. The molecule has 3 aliphatic rings. The highest BCUT2D eigenvalue weighted by Gasteiger charge is 2.75. The Morgan fingerprint density at radius 1 is 1.18 bits per heavy atom. The Balaban J connectivity index is 1.59. The van der Waals surface area contributed by atoms with Crippen molar-refractivity contribution in [1.82, 2.24) is 10.2 Å². The summed E-state index contributed by atoms with van der Waals surface area (Å²) in [6.45, 7) is 15.4. The number of hydrogen-bond donors (Lipinski definition) is 2. The number of nitrogens with zero attached hydrogens (tertiary/aromatic N) is 3. The standard InChI is InChI=1S/C34H48N4O7/c1-6-10-12-27(40)35-22-23(5)44-33(43)28-26-17-18-34(45-26)29(28)31(41)38(20-11-21-39)30(34)32(42)37(19-7-2)25-15-13-24(14-16-25)36(8-3)9-4/h6-7,13-16,23,26,28-30,39H,1-2,8-12,17-22H2,3-5H3,(H,35,40)/t23-,26-,28+,29+,30-,34+/m1/s1. The van der Waals surface area contributed by atoms with E-state index in [0.29, 0.717) is 31.4 Å². The van der Waals surface area contributed by atoms with Gasteiger partial charge in [0.1, 0.15) is 17.7 Å². The highest BCUT2D eigenvalue weighted by atomic mass is 16.6. The lowest BCUT2D eigenvalue weighted by atomic mass is 9.70. The third kappa shape index (κ3) is 6.79. The SMILES string of the molecule is C=CCCC(=O)NC[C@@H](C)OC(=O)[C@@H]1[C@H]2C(=O)N(CCCO)[C@H](C(=O)N(CC=C)c3ccc(N(CC)CC)cc3)[C@]23CC[C@H]1O3. The van der Waals surface area contributed by atoms with Crippen LogP contribution in [0, 0.1) is 11.8 Å². The Bertz CT molecular complexity index is 1250. The molecule has 3 aliphatic heterocycles. The number of rotatable bonds is 17. The molecular formula is C34H48N4O7. The molecule has 11 nitrogen and oxygen atoms in total. The number of fused-ring (bicyclic) bond motifs is 1. The van der Waals surface area contributed by atoms with E-state index < -0.39 is 41.7 Å². The monoisotopic (exact) mass is 624 g/mol. The van der Waals surface area contributed by atoms with Crippen molar-refractivity contribution in [3.8, 4) is 0 Å². The van der Waals surface area contributed by atoms with Crippen LogP contribution < -0.4 is 15.1 Å². The van der Waals surface area contributed by atoms with Crippen molar-refractivity contribution in [3.05, 3.63) is 49.6 Å². The lowest BCUT2D eigenvalue weighted by Crippen LogP contribution is -2.56. The second kappa shape index (κ2) is 15.1. The van der Waals surface area contributed by atoms with Gasteiger partial charge in [-0.25, -0.2) is 0 Å². The van der Waals surface area contributed by atoms with Crippen LogP contribution in [0.5, 0.6) is 0 Å². The summed E-state index contributed by atoms with van der Waals surface area (Å²) in [7, 11) is 0. The number of carbonyl (C=O) groups excluding carboxylic acids is 4. The number of allylic oxidation sites excluding steroid dienone is 1. The Morgan fingerprint density at radius 2 is 1.87 bits per heavy atom. The van der Waals surface area contributed by atoms with E-state index in [-0.39, 0.29) is 50.4 Å². The molecule has 0 unspecified atom stereocenters. The molecule has 45 heavy (non-hydrogen) atoms. The first-order valence-electron chi connectivity index (χ1n) is 16.1. The third-order valence-corrected chi connectivity index (χ3v) is 9.21. The number of aliphatic hydroxyl groups excluding tert-OH is 1. The molecule has 11 heteroatoms. The van der Waals surface area contributed by atoms with Crippen LogP contribution in [-0.2, 0) is 28.7 Å². The molecule has 3 fully saturated rings. The van der Waals surface area contributed by atoms with Crippen molar-refractivity contribution in [2.75, 3.05) is 49.1 Å². The Labute approximate surface area is 266 Å². The van der Waals surface area contributed by atoms with Crippen LogP contribution in [0.15, 0.2) is 49.6 Å². The van der Waals surface area contributed by atoms with Gasteiger partial charge in [-0.3, -0.25) is 19.2 Å². The molecular weight excluding hydrogens is 576 g/mol. The minimum absolute atomic E-state index is 0.136. The van der Waals surface area contributed by atoms with Crippen molar-refractivity contribution in [2.45, 2.75) is 76.7 Å². The molecule has 3 saturated heterocycles. The van der Waals surface area contributed by atoms with E-state index in [1.54, 1.807) is 24.0 Å². The fraction of sp³-hybridized carbons (Fsp3) is 0.588. The van der Waals surface area contributed by atoms with Gasteiger partial charge in [-0.1, -0.05) is 12.2 Å². The molecule has 0 radical (unpaired) electrons. The highest BCUT2D eigenvalue weighted by Crippen LogP contribution is 2.59. The van der Waals surface area contributed by atoms with E-state index in [4.69, 9.17) is 9.47 Å². The number of esters is 1. The van der Waals surface area contributed by atoms with E-state index in [0.717, 1.165) is 18.8 Å². The van der Waals surface area contributed by atoms with Crippen LogP contribution in [-0.4, -0.2) is 96.9 Å². The number of aliphatic hydroxyl groups is 1. The number of likely N-dealkylation sites (tertiary alicyclic amines) is 1. The van der Waals surface area contributed by atoms with Crippen molar-refractivity contribution < 1.29 is 33.8 Å². The van der Waals surface area contributed by atoms with E-state index >= 15 is 0 Å². The highest BCUT2D eigenvalue weighted by molar-refractivity contribution is 6.04. The Morgan fingerprint density at radius 3 is 2.49 bits per heavy atom. The average Bonchev–Trinajstić information content (AvgIpc) is 3.68. The molecule has 3 amide bonds. The van der Waals surface area contributed by atoms with Crippen LogP contribution in [0.25, 0.3) is 0 Å². The van der Waals surface area contributed by atoms with Crippen LogP contribution in [0.4, 0.5) is 11.4 Å². The largest absolute Gasteiger partial charge is 0.460 e. The normalized spacial score (nSPS) is 25.4. The zero-order valence-electron chi connectivity index (χ0n) is 26.8. The number of carbonyl (C=O) groups is 4. The van der Waals surface area contributed by atoms with Gasteiger partial charge in [-0.2, -0.15) is 0 Å². The quantitative estimate of drug-likeness (QED) is 0.200. The summed E-state index contributed by atoms with van der Waals surface area (Å²) in [6.07, 6.45) is 4.20. The molecule has 0 aliphatic carbocycles. The molecule has 1 spiro atoms. The van der Waals surface area contributed by atoms with Gasteiger partial charge < -0.3 is 34.6 Å². The van der Waals surface area contributed by atoms with Gasteiger partial charge >= 0.3 is 5.97 Å². The molecule has 3 heterocycles. The minimum Gasteiger partial charge on any atom is -0.460 e. The van der Waals surface area contributed by atoms with Gasteiger partial charge in [0.25, 0.3) is 5.91 Å². The van der Waals surface area contributed by atoms with Crippen LogP contribution in [0.1, 0.15) is 52.9 Å². The third-order valence-electron chi connectivity index (χ3n) is 9.21. The summed E-state index contributed by atoms with van der Waals surface area (Å²) in [5.41, 5.74) is 0.511. The van der Waals surface area contributed by atoms with Crippen molar-refractivity contribution in [2.24, 2.45) is 11.8 Å². The smallest absolute Gasteiger partial charge is 0.312 e. The lowest BCUT2D eigenvalue weighted by Gasteiger charge is -2.37. The summed E-state index contributed by atoms with van der Waals surface area (Å²) in [6, 6.07) is 6.76. The predicted octanol–water partition coefficient (Wildman–Crippen LogP) is 2.82. The fourth-order valence-electron chi connectivity index (χ4n) is 7.11. The number of hydrogen-bond acceptors (Lipinski definition) is 8. The first kappa shape index (κ1) is 34.2. The fourth-order valence-corrected chi connectivity index (χ4v) is 7.11. The first-order chi connectivity index (χ1) is 21.7. The topological polar surface area (TPSA) is 129 Å². The molecule has 1 aromatic rings. The first-order valence-corrected chi connectivity index (χ1v) is 16.1. The van der Waals surface area contributed by atoms with Crippen LogP contribution >= 0.6 is 0 Å². The van der Waals surface area contributed by atoms with Crippen LogP contribution in [0.3, 0.4) is 0 Å². The summed E-state index contributed by atoms with van der Waals surface area (Å²) >= 11 is 0. The van der Waals surface area contributed by atoms with E-state index in [1.807, 2.05) is 24.3 Å². The molecule has 0 saturated carbocycles. The van der Waals surface area contributed by atoms with Gasteiger partial charge in [0.15, 0.2) is 0 Å². The maximum Gasteiger partial charge on any atom is 0.312 e. The lowest BCUT2D eigenvalue weighted by molar-refractivity contribution is -0.159. The maximum absolute atomic E-state index is 14.6. The predicted molar refractivity (Wildman–Crippen MR) is 172 cm³/mol. The molecule has 0 aromatic heterocycles. The van der Waals surface area contributed by atoms with Crippen molar-refractivity contribution in [3.63, 3.8) is 0 Å². The second-order valence-electron chi connectivity index (χ2n) is 12.0. The molecule has 1 aromatic carbocycles. The van der Waals surface area contributed by atoms with Crippen molar-refractivity contribution in [1.29, 1.82) is 0 Å². The van der Waals surface area contributed by atoms with Gasteiger partial charge in [0, 0.05) is 50.6 Å². The zero-order chi connectivity index (χ0) is 32.7. The number of nitrogens with one attached hydrogen (secondary N) is 1. The minimum atomic E-state index is -1.19. The zero-order valence-corrected chi connectivity index (χ0v) is 26.8. The molecule has 2 bridgehead atoms. The maximum atomic E-state index is 14.6. The van der Waals surface area contributed by atoms with E-state index in [1.165, 1.54) is 4.90 Å². The van der Waals surface area contributed by atoms with Gasteiger partial charge in [0.05, 0.1) is 24.5 Å². The van der Waals surface area contributed by atoms with Crippen molar-refractivity contribution >= 4 is 35.1 Å². The average molecular weight is 625 g/mol. The van der Waals surface area contributed by atoms with Gasteiger partial charge in [-0.05, 0) is 70.7 Å². The molecule has 2 N–H and O–H groups in total. The molecule has 6 atom stereocenters. The number of ether oxygens (including phenoxy) is 2. The second-order valence-corrected chi connectivity index (χ2v) is 12.0. The Kier molecular flexibility index (Phi) is 11.4. The molecule has 4 rings (SSSR count). The number of anilines is 2. The summed E-state index contributed by atoms with van der Waals surface area (Å²) in [5, 5.41) is 12.4.